The van der Waals surface area contributed by atoms with Gasteiger partial charge in [0.05, 0.1) is 34.4 Å². The average molecular weight is 1130 g/mol. The standard InChI is InChI=1S/C71H135NO8/c1-6-8-10-12-14-16-18-20-22-24-25-26-27-28-29-30-31-32-33-34-35-36-37-38-39-40-41-42-43-44-46-47-49-51-53-55-57-59-61-68(73)78-65-67(66-79-71(70(75)76)77-64-63-72(3,4)5)80-69(74)62-60-58-56-54-52-50-48-45-23-21-19-17-15-13-11-9-7-2/h15,17,21,23,67,71H,6-14,16,18-20,22,24-66H2,1-5H3/p+1/b17-15-,23-21-. The van der Waals surface area contributed by atoms with Crippen molar-refractivity contribution in [3.8, 4) is 0 Å². The van der Waals surface area contributed by atoms with Crippen molar-refractivity contribution in [2.75, 3.05) is 47.5 Å². The molecule has 2 unspecified atom stereocenters. The number of likely N-dealkylation sites (N-methyl/N-ethyl adjacent to an activating group) is 1. The molecule has 0 saturated carbocycles. The number of ether oxygens (including phenoxy) is 4. The minimum Gasteiger partial charge on any atom is -0.477 e. The van der Waals surface area contributed by atoms with Gasteiger partial charge in [-0.05, 0) is 44.9 Å². The third-order valence-corrected chi connectivity index (χ3v) is 16.0. The van der Waals surface area contributed by atoms with Crippen molar-refractivity contribution in [2.45, 2.75) is 367 Å². The van der Waals surface area contributed by atoms with Crippen LogP contribution in [-0.2, 0) is 33.3 Å². The number of carboxylic acid groups (broad SMARTS) is 1. The van der Waals surface area contributed by atoms with Crippen LogP contribution in [0.5, 0.6) is 0 Å². The molecule has 0 aliphatic carbocycles. The van der Waals surface area contributed by atoms with Gasteiger partial charge < -0.3 is 28.5 Å². The fourth-order valence-corrected chi connectivity index (χ4v) is 10.6. The Kier molecular flexibility index (Phi) is 61.1. The highest BCUT2D eigenvalue weighted by molar-refractivity contribution is 5.71. The van der Waals surface area contributed by atoms with Crippen molar-refractivity contribution in [3.05, 3.63) is 24.3 Å². The van der Waals surface area contributed by atoms with Crippen molar-refractivity contribution in [3.63, 3.8) is 0 Å². The van der Waals surface area contributed by atoms with Gasteiger partial charge in [-0.15, -0.1) is 0 Å². The van der Waals surface area contributed by atoms with E-state index in [1.807, 2.05) is 21.1 Å². The molecule has 472 valence electrons. The topological polar surface area (TPSA) is 108 Å². The van der Waals surface area contributed by atoms with Crippen LogP contribution in [0, 0.1) is 0 Å². The van der Waals surface area contributed by atoms with E-state index in [1.54, 1.807) is 0 Å². The van der Waals surface area contributed by atoms with Crippen LogP contribution in [0.25, 0.3) is 0 Å². The lowest BCUT2D eigenvalue weighted by Crippen LogP contribution is -2.40. The van der Waals surface area contributed by atoms with Gasteiger partial charge in [-0.25, -0.2) is 4.79 Å². The third-order valence-electron chi connectivity index (χ3n) is 16.0. The molecule has 0 fully saturated rings. The van der Waals surface area contributed by atoms with Gasteiger partial charge in [-0.2, -0.15) is 0 Å². The summed E-state index contributed by atoms with van der Waals surface area (Å²) in [5.74, 6) is -1.99. The van der Waals surface area contributed by atoms with Crippen LogP contribution in [0.3, 0.4) is 0 Å². The molecule has 2 atom stereocenters. The second kappa shape index (κ2) is 62.8. The molecule has 1 N–H and O–H groups in total. The van der Waals surface area contributed by atoms with E-state index in [0.29, 0.717) is 23.9 Å². The molecule has 0 aromatic carbocycles. The van der Waals surface area contributed by atoms with Crippen LogP contribution in [0.15, 0.2) is 24.3 Å². The van der Waals surface area contributed by atoms with E-state index >= 15 is 0 Å². The van der Waals surface area contributed by atoms with Gasteiger partial charge in [0.25, 0.3) is 6.29 Å². The molecule has 0 radical (unpaired) electrons. The molecule has 80 heavy (non-hydrogen) atoms. The van der Waals surface area contributed by atoms with Gasteiger partial charge in [0.2, 0.25) is 0 Å². The first-order chi connectivity index (χ1) is 39.1. The maximum absolute atomic E-state index is 12.9. The quantitative estimate of drug-likeness (QED) is 0.0211. The van der Waals surface area contributed by atoms with Crippen molar-refractivity contribution >= 4 is 17.9 Å². The SMILES string of the molecule is CCCCC/C=C\C/C=C\CCCCCCCCCC(=O)OC(COC(=O)CCCCCCCCCCCCCCCCCCCCCCCCCCCCCCCCCCCCCCCC)COC(OCC[N+](C)(C)C)C(=O)O. The van der Waals surface area contributed by atoms with Gasteiger partial charge in [-0.3, -0.25) is 9.59 Å². The van der Waals surface area contributed by atoms with Crippen LogP contribution < -0.4 is 0 Å². The molecule has 0 aliphatic rings. The van der Waals surface area contributed by atoms with E-state index in [2.05, 4.69) is 38.2 Å². The van der Waals surface area contributed by atoms with E-state index in [4.69, 9.17) is 18.9 Å². The maximum Gasteiger partial charge on any atom is 0.361 e. The average Bonchev–Trinajstić information content (AvgIpc) is 3.43. The molecule has 0 heterocycles. The van der Waals surface area contributed by atoms with E-state index in [0.717, 1.165) is 51.4 Å². The Morgan fingerprint density at radius 1 is 0.375 bits per heavy atom. The summed E-state index contributed by atoms with van der Waals surface area (Å²) < 4.78 is 22.9. The van der Waals surface area contributed by atoms with Crippen LogP contribution >= 0.6 is 0 Å². The smallest absolute Gasteiger partial charge is 0.361 e. The molecular formula is C71H136NO8+. The number of rotatable bonds is 66. The summed E-state index contributed by atoms with van der Waals surface area (Å²) in [7, 11) is 5.98. The summed E-state index contributed by atoms with van der Waals surface area (Å²) in [6, 6.07) is 0. The number of unbranched alkanes of at least 4 members (excludes halogenated alkanes) is 47. The molecule has 9 nitrogen and oxygen atoms in total. The molecule has 0 aromatic heterocycles. The highest BCUT2D eigenvalue weighted by Gasteiger charge is 2.25. The Bertz CT molecular complexity index is 1360. The zero-order valence-electron chi connectivity index (χ0n) is 54.0. The summed E-state index contributed by atoms with van der Waals surface area (Å²) in [6.45, 7) is 4.90. The van der Waals surface area contributed by atoms with Gasteiger partial charge in [0, 0.05) is 12.8 Å². The lowest BCUT2D eigenvalue weighted by molar-refractivity contribution is -0.870. The highest BCUT2D eigenvalue weighted by Crippen LogP contribution is 2.19. The summed E-state index contributed by atoms with van der Waals surface area (Å²) in [4.78, 5) is 37.5. The predicted octanol–water partition coefficient (Wildman–Crippen LogP) is 21.4. The lowest BCUT2D eigenvalue weighted by atomic mass is 10.0. The first kappa shape index (κ1) is 77.8. The summed E-state index contributed by atoms with van der Waals surface area (Å²) in [5.41, 5.74) is 0. The Balaban J connectivity index is 3.92. The molecule has 0 spiro atoms. The first-order valence-electron chi connectivity index (χ1n) is 35.0. The Labute approximate surface area is 497 Å². The fraction of sp³-hybridized carbons (Fsp3) is 0.901. The molecule has 0 saturated heterocycles. The van der Waals surface area contributed by atoms with Crippen molar-refractivity contribution in [2.24, 2.45) is 0 Å². The summed E-state index contributed by atoms with van der Waals surface area (Å²) in [5, 5.41) is 9.72. The lowest BCUT2D eigenvalue weighted by Gasteiger charge is -2.25. The van der Waals surface area contributed by atoms with Gasteiger partial charge in [0.1, 0.15) is 13.2 Å². The molecule has 9 heteroatoms. The Morgan fingerprint density at radius 2 is 0.675 bits per heavy atom. The number of allylic oxidation sites excluding steroid dienone is 4. The van der Waals surface area contributed by atoms with E-state index in [1.165, 1.54) is 270 Å². The number of aliphatic carboxylic acids is 1. The molecule has 0 amide bonds. The van der Waals surface area contributed by atoms with Gasteiger partial charge in [0.15, 0.2) is 6.10 Å². The number of carboxylic acids is 1. The minimum atomic E-state index is -1.51. The first-order valence-corrected chi connectivity index (χ1v) is 35.0. The molecule has 0 rings (SSSR count). The number of hydrogen-bond donors (Lipinski definition) is 1. The Morgan fingerprint density at radius 3 is 1.01 bits per heavy atom. The zero-order valence-corrected chi connectivity index (χ0v) is 54.0. The third kappa shape index (κ3) is 63.4. The monoisotopic (exact) mass is 1130 g/mol. The highest BCUT2D eigenvalue weighted by atomic mass is 16.7. The number of hydrogen-bond acceptors (Lipinski definition) is 7. The summed E-state index contributed by atoms with van der Waals surface area (Å²) in [6.07, 6.45) is 74.6. The predicted molar refractivity (Wildman–Crippen MR) is 341 cm³/mol. The maximum atomic E-state index is 12.9. The largest absolute Gasteiger partial charge is 0.477 e. The number of esters is 2. The number of carbonyl (C=O) groups is 3. The second-order valence-electron chi connectivity index (χ2n) is 25.2. The summed E-state index contributed by atoms with van der Waals surface area (Å²) >= 11 is 0. The van der Waals surface area contributed by atoms with Crippen LogP contribution in [0.2, 0.25) is 0 Å². The molecule has 0 aromatic rings. The second-order valence-corrected chi connectivity index (χ2v) is 25.2. The Hall–Kier alpha value is -2.23. The molecule has 0 aliphatic heterocycles. The normalized spacial score (nSPS) is 12.8. The van der Waals surface area contributed by atoms with Crippen LogP contribution in [-0.4, -0.2) is 87.4 Å². The molecular weight excluding hydrogens is 995 g/mol. The molecule has 0 bridgehead atoms. The van der Waals surface area contributed by atoms with E-state index in [-0.39, 0.29) is 32.2 Å². The van der Waals surface area contributed by atoms with Gasteiger partial charge >= 0.3 is 17.9 Å². The van der Waals surface area contributed by atoms with Crippen molar-refractivity contribution < 1.29 is 42.9 Å². The van der Waals surface area contributed by atoms with E-state index in [9.17, 15) is 19.5 Å². The number of quaternary nitrogens is 1. The van der Waals surface area contributed by atoms with Crippen LogP contribution in [0.4, 0.5) is 0 Å². The van der Waals surface area contributed by atoms with Gasteiger partial charge in [-0.1, -0.05) is 321 Å². The van der Waals surface area contributed by atoms with Crippen LogP contribution in [0.1, 0.15) is 354 Å². The number of carbonyl (C=O) groups excluding carboxylic acids is 2. The fourth-order valence-electron chi connectivity index (χ4n) is 10.6. The minimum absolute atomic E-state index is 0.180. The number of nitrogens with zero attached hydrogens (tertiary/aromatic N) is 1. The van der Waals surface area contributed by atoms with E-state index < -0.39 is 24.3 Å². The zero-order chi connectivity index (χ0) is 58.3. The van der Waals surface area contributed by atoms with Crippen molar-refractivity contribution in [1.29, 1.82) is 0 Å². The van der Waals surface area contributed by atoms with Crippen molar-refractivity contribution in [1.82, 2.24) is 0 Å².